The highest BCUT2D eigenvalue weighted by atomic mass is 19.1. The molecule has 1 aromatic rings. The van der Waals surface area contributed by atoms with Crippen molar-refractivity contribution in [1.82, 2.24) is 0 Å². The molecule has 0 aliphatic heterocycles. The zero-order valence-corrected chi connectivity index (χ0v) is 6.67. The molecule has 0 bridgehead atoms. The molecule has 0 saturated carbocycles. The summed E-state index contributed by atoms with van der Waals surface area (Å²) in [6, 6.07) is 3.63. The molecule has 0 heterocycles. The van der Waals surface area contributed by atoms with Crippen LogP contribution in [-0.2, 0) is 0 Å². The summed E-state index contributed by atoms with van der Waals surface area (Å²) in [5.41, 5.74) is 0.299. The van der Waals surface area contributed by atoms with Gasteiger partial charge in [0.15, 0.2) is 17.3 Å². The van der Waals surface area contributed by atoms with Gasteiger partial charge in [-0.2, -0.15) is 0 Å². The van der Waals surface area contributed by atoms with E-state index >= 15 is 0 Å². The van der Waals surface area contributed by atoms with Crippen LogP contribution >= 0.6 is 0 Å². The van der Waals surface area contributed by atoms with E-state index in [2.05, 4.69) is 0 Å². The first-order chi connectivity index (χ1) is 5.65. The van der Waals surface area contributed by atoms with Crippen molar-refractivity contribution in [2.45, 2.75) is 13.3 Å². The van der Waals surface area contributed by atoms with Gasteiger partial charge < -0.3 is 5.11 Å². The Balaban J connectivity index is 3.05. The first-order valence-corrected chi connectivity index (χ1v) is 3.67. The predicted octanol–water partition coefficient (Wildman–Crippen LogP) is 2.12. The maximum absolute atomic E-state index is 12.7. The van der Waals surface area contributed by atoms with E-state index in [1.54, 1.807) is 6.92 Å². The molecule has 1 N–H and O–H groups in total. The number of hydrogen-bond donors (Lipinski definition) is 1. The number of halogens is 1. The molecular weight excluding hydrogens is 159 g/mol. The standard InChI is InChI=1S/C9H9FO2/c1-2-8(11)6-3-4-9(12)7(10)5-6/h3-5,12H,2H2,1H3. The lowest BCUT2D eigenvalue weighted by atomic mass is 10.1. The molecule has 0 aromatic heterocycles. The van der Waals surface area contributed by atoms with Crippen molar-refractivity contribution >= 4 is 5.78 Å². The molecule has 12 heavy (non-hydrogen) atoms. The number of benzene rings is 1. The van der Waals surface area contributed by atoms with Crippen molar-refractivity contribution in [3.8, 4) is 5.75 Å². The van der Waals surface area contributed by atoms with Crippen LogP contribution in [0.2, 0.25) is 0 Å². The summed E-state index contributed by atoms with van der Waals surface area (Å²) < 4.78 is 12.7. The Morgan fingerprint density at radius 3 is 2.75 bits per heavy atom. The Labute approximate surface area is 69.6 Å². The minimum atomic E-state index is -0.755. The maximum atomic E-state index is 12.7. The quantitative estimate of drug-likeness (QED) is 0.687. The fourth-order valence-electron chi connectivity index (χ4n) is 0.884. The van der Waals surface area contributed by atoms with Crippen LogP contribution in [0.1, 0.15) is 23.7 Å². The van der Waals surface area contributed by atoms with Crippen molar-refractivity contribution < 1.29 is 14.3 Å². The number of Topliss-reactive ketones (excluding diaryl/α,β-unsaturated/α-hetero) is 1. The summed E-state index contributed by atoms with van der Waals surface area (Å²) in [4.78, 5) is 11.0. The number of ketones is 1. The second kappa shape index (κ2) is 3.34. The maximum Gasteiger partial charge on any atom is 0.165 e. The SMILES string of the molecule is CCC(=O)c1ccc(O)c(F)c1. The lowest BCUT2D eigenvalue weighted by Crippen LogP contribution is -1.96. The van der Waals surface area contributed by atoms with Gasteiger partial charge in [0.25, 0.3) is 0 Å². The van der Waals surface area contributed by atoms with E-state index in [0.717, 1.165) is 6.07 Å². The number of carbonyl (C=O) groups excluding carboxylic acids is 1. The van der Waals surface area contributed by atoms with Crippen LogP contribution in [0.5, 0.6) is 5.75 Å². The van der Waals surface area contributed by atoms with Gasteiger partial charge in [-0.1, -0.05) is 6.92 Å². The summed E-state index contributed by atoms with van der Waals surface area (Å²) in [6.07, 6.45) is 0.338. The van der Waals surface area contributed by atoms with Crippen LogP contribution in [0.4, 0.5) is 4.39 Å². The van der Waals surface area contributed by atoms with Gasteiger partial charge in [0.05, 0.1) is 0 Å². The average Bonchev–Trinajstić information content (AvgIpc) is 2.08. The Morgan fingerprint density at radius 2 is 2.25 bits per heavy atom. The summed E-state index contributed by atoms with van der Waals surface area (Å²) in [7, 11) is 0. The van der Waals surface area contributed by atoms with Crippen molar-refractivity contribution in [3.05, 3.63) is 29.6 Å². The van der Waals surface area contributed by atoms with Gasteiger partial charge in [-0.05, 0) is 18.2 Å². The Kier molecular flexibility index (Phi) is 2.43. The highest BCUT2D eigenvalue weighted by Gasteiger charge is 2.06. The molecule has 64 valence electrons. The van der Waals surface area contributed by atoms with E-state index in [9.17, 15) is 9.18 Å². The molecule has 0 radical (unpaired) electrons. The third kappa shape index (κ3) is 1.61. The van der Waals surface area contributed by atoms with Gasteiger partial charge >= 0.3 is 0 Å². The molecule has 0 amide bonds. The summed E-state index contributed by atoms with van der Waals surface area (Å²) in [6.45, 7) is 1.70. The van der Waals surface area contributed by atoms with E-state index in [1.165, 1.54) is 12.1 Å². The number of rotatable bonds is 2. The molecule has 0 aliphatic rings. The van der Waals surface area contributed by atoms with Crippen LogP contribution in [0.3, 0.4) is 0 Å². The number of carbonyl (C=O) groups is 1. The Morgan fingerprint density at radius 1 is 1.58 bits per heavy atom. The van der Waals surface area contributed by atoms with E-state index in [1.807, 2.05) is 0 Å². The third-order valence-corrected chi connectivity index (χ3v) is 1.59. The molecule has 0 aliphatic carbocycles. The molecule has 1 aromatic carbocycles. The minimum absolute atomic E-state index is 0.131. The van der Waals surface area contributed by atoms with Gasteiger partial charge in [0, 0.05) is 12.0 Å². The van der Waals surface area contributed by atoms with Gasteiger partial charge in [-0.3, -0.25) is 4.79 Å². The second-order valence-electron chi connectivity index (χ2n) is 2.44. The van der Waals surface area contributed by atoms with E-state index in [-0.39, 0.29) is 5.78 Å². The van der Waals surface area contributed by atoms with Crippen LogP contribution in [0.25, 0.3) is 0 Å². The molecule has 0 spiro atoms. The molecule has 1 rings (SSSR count). The lowest BCUT2D eigenvalue weighted by Gasteiger charge is -1.98. The topological polar surface area (TPSA) is 37.3 Å². The fourth-order valence-corrected chi connectivity index (χ4v) is 0.884. The minimum Gasteiger partial charge on any atom is -0.505 e. The third-order valence-electron chi connectivity index (χ3n) is 1.59. The van der Waals surface area contributed by atoms with Crippen molar-refractivity contribution in [2.24, 2.45) is 0 Å². The Bertz CT molecular complexity index is 307. The van der Waals surface area contributed by atoms with Crippen molar-refractivity contribution in [1.29, 1.82) is 0 Å². The highest BCUT2D eigenvalue weighted by Crippen LogP contribution is 2.16. The number of phenols is 1. The van der Waals surface area contributed by atoms with Crippen LogP contribution in [0.15, 0.2) is 18.2 Å². The Hall–Kier alpha value is -1.38. The fraction of sp³-hybridized carbons (Fsp3) is 0.222. The molecular formula is C9H9FO2. The van der Waals surface area contributed by atoms with E-state index < -0.39 is 11.6 Å². The zero-order valence-electron chi connectivity index (χ0n) is 6.67. The lowest BCUT2D eigenvalue weighted by molar-refractivity contribution is 0.0987. The largest absolute Gasteiger partial charge is 0.505 e. The number of hydrogen-bond acceptors (Lipinski definition) is 2. The molecule has 0 unspecified atom stereocenters. The first kappa shape index (κ1) is 8.71. The van der Waals surface area contributed by atoms with Crippen molar-refractivity contribution in [3.63, 3.8) is 0 Å². The molecule has 3 heteroatoms. The monoisotopic (exact) mass is 168 g/mol. The normalized spacial score (nSPS) is 9.83. The van der Waals surface area contributed by atoms with Crippen LogP contribution in [0, 0.1) is 5.82 Å². The molecule has 0 atom stereocenters. The molecule has 2 nitrogen and oxygen atoms in total. The number of aromatic hydroxyl groups is 1. The first-order valence-electron chi connectivity index (χ1n) is 3.67. The molecule has 0 fully saturated rings. The van der Waals surface area contributed by atoms with Gasteiger partial charge in [0.1, 0.15) is 0 Å². The molecule has 0 saturated heterocycles. The zero-order chi connectivity index (χ0) is 9.14. The van der Waals surface area contributed by atoms with Gasteiger partial charge in [-0.15, -0.1) is 0 Å². The van der Waals surface area contributed by atoms with Crippen LogP contribution in [-0.4, -0.2) is 10.9 Å². The summed E-state index contributed by atoms with van der Waals surface area (Å²) >= 11 is 0. The van der Waals surface area contributed by atoms with Crippen LogP contribution < -0.4 is 0 Å². The van der Waals surface area contributed by atoms with E-state index in [4.69, 9.17) is 5.11 Å². The second-order valence-corrected chi connectivity index (χ2v) is 2.44. The predicted molar refractivity (Wildman–Crippen MR) is 42.7 cm³/mol. The average molecular weight is 168 g/mol. The van der Waals surface area contributed by atoms with Gasteiger partial charge in [-0.25, -0.2) is 4.39 Å². The highest BCUT2D eigenvalue weighted by molar-refractivity contribution is 5.95. The summed E-state index contributed by atoms with van der Waals surface area (Å²) in [5.74, 6) is -1.31. The smallest absolute Gasteiger partial charge is 0.165 e. The summed E-state index contributed by atoms with van der Waals surface area (Å²) in [5, 5.41) is 8.81. The van der Waals surface area contributed by atoms with E-state index in [0.29, 0.717) is 12.0 Å². The van der Waals surface area contributed by atoms with Crippen molar-refractivity contribution in [2.75, 3.05) is 0 Å². The van der Waals surface area contributed by atoms with Gasteiger partial charge in [0.2, 0.25) is 0 Å². The number of phenolic OH excluding ortho intramolecular Hbond substituents is 1.